The molecule has 0 atom stereocenters. The van der Waals surface area contributed by atoms with E-state index in [-0.39, 0.29) is 0 Å². The van der Waals surface area contributed by atoms with Crippen molar-refractivity contribution < 1.29 is 4.74 Å². The van der Waals surface area contributed by atoms with Gasteiger partial charge in [0.25, 0.3) is 0 Å². The van der Waals surface area contributed by atoms with Crippen LogP contribution in [-0.4, -0.2) is 61.3 Å². The Morgan fingerprint density at radius 3 is 2.78 bits per heavy atom. The van der Waals surface area contributed by atoms with Crippen LogP contribution in [0.4, 0.5) is 0 Å². The maximum absolute atomic E-state index is 6.01. The van der Waals surface area contributed by atoms with E-state index in [4.69, 9.17) is 14.7 Å². The molecule has 1 fully saturated rings. The number of hydrogen-bond donors (Lipinski definition) is 2. The summed E-state index contributed by atoms with van der Waals surface area (Å²) >= 11 is 1.71. The van der Waals surface area contributed by atoms with E-state index in [9.17, 15) is 0 Å². The zero-order valence-electron chi connectivity index (χ0n) is 20.1. The van der Waals surface area contributed by atoms with Gasteiger partial charge >= 0.3 is 0 Å². The maximum Gasteiger partial charge on any atom is 0.161 e. The standard InChI is InChI=1S/C28H25N7OS/c1-2-11-35(10-1)12-13-36-19-15-18(16-29-17-19)21-8-9-23-26(30-21)27(34-33-23)28-31-22-6-3-5-20(25(22)32-28)24-7-4-14-37-24/h3-9,14-17H,1-2,10-13H2,(H,31,32)(H,33,34). The van der Waals surface area contributed by atoms with Gasteiger partial charge in [-0.3, -0.25) is 15.0 Å². The summed E-state index contributed by atoms with van der Waals surface area (Å²) in [6, 6.07) is 16.3. The molecule has 0 bridgehead atoms. The first-order valence-electron chi connectivity index (χ1n) is 12.5. The summed E-state index contributed by atoms with van der Waals surface area (Å²) in [5.74, 6) is 1.44. The number of para-hydroxylation sites is 1. The summed E-state index contributed by atoms with van der Waals surface area (Å²) in [5.41, 5.74) is 7.01. The smallest absolute Gasteiger partial charge is 0.161 e. The van der Waals surface area contributed by atoms with Crippen molar-refractivity contribution in [2.75, 3.05) is 26.2 Å². The number of aromatic nitrogens is 6. The Labute approximate surface area is 217 Å². The molecule has 0 amide bonds. The molecule has 2 N–H and O–H groups in total. The molecule has 7 rings (SSSR count). The molecule has 0 aliphatic carbocycles. The maximum atomic E-state index is 6.01. The van der Waals surface area contributed by atoms with E-state index < -0.39 is 0 Å². The molecule has 1 aromatic carbocycles. The first-order valence-corrected chi connectivity index (χ1v) is 13.4. The number of benzene rings is 1. The topological polar surface area (TPSA) is 95.6 Å². The fourth-order valence-electron chi connectivity index (χ4n) is 4.94. The minimum Gasteiger partial charge on any atom is -0.491 e. The summed E-state index contributed by atoms with van der Waals surface area (Å²) in [7, 11) is 0. The number of fused-ring (bicyclic) bond motifs is 2. The summed E-state index contributed by atoms with van der Waals surface area (Å²) < 4.78 is 6.01. The van der Waals surface area contributed by atoms with E-state index in [1.165, 1.54) is 30.8 Å². The van der Waals surface area contributed by atoms with Gasteiger partial charge in [0.1, 0.15) is 17.9 Å². The molecule has 0 spiro atoms. The number of H-pyrrole nitrogens is 2. The van der Waals surface area contributed by atoms with Gasteiger partial charge in [0, 0.05) is 28.7 Å². The molecule has 1 aliphatic heterocycles. The van der Waals surface area contributed by atoms with Crippen LogP contribution in [0.15, 0.2) is 66.3 Å². The van der Waals surface area contributed by atoms with Crippen LogP contribution in [0.1, 0.15) is 12.8 Å². The fraction of sp³-hybridized carbons (Fsp3) is 0.214. The Hall–Kier alpha value is -4.08. The number of imidazole rings is 1. The Balaban J connectivity index is 1.20. The lowest BCUT2D eigenvalue weighted by Gasteiger charge is -2.15. The van der Waals surface area contributed by atoms with Crippen LogP contribution in [0.25, 0.3) is 55.3 Å². The number of aromatic amines is 2. The van der Waals surface area contributed by atoms with Crippen molar-refractivity contribution in [3.05, 3.63) is 66.3 Å². The molecule has 1 saturated heterocycles. The molecule has 1 aliphatic rings. The molecule has 5 aromatic heterocycles. The van der Waals surface area contributed by atoms with Crippen molar-refractivity contribution in [3.8, 4) is 39.0 Å². The van der Waals surface area contributed by atoms with Crippen molar-refractivity contribution in [1.82, 2.24) is 35.0 Å². The molecular weight excluding hydrogens is 482 g/mol. The number of pyridine rings is 2. The van der Waals surface area contributed by atoms with Gasteiger partial charge in [-0.25, -0.2) is 9.97 Å². The number of rotatable bonds is 7. The lowest BCUT2D eigenvalue weighted by molar-refractivity contribution is 0.237. The Morgan fingerprint density at radius 2 is 1.89 bits per heavy atom. The third-order valence-electron chi connectivity index (χ3n) is 6.82. The molecule has 8 nitrogen and oxygen atoms in total. The minimum atomic E-state index is 0.656. The average Bonchev–Trinajstić information content (AvgIpc) is 3.74. The molecule has 0 radical (unpaired) electrons. The molecular formula is C28H25N7OS. The number of nitrogens with zero attached hydrogens (tertiary/aromatic N) is 5. The highest BCUT2D eigenvalue weighted by Crippen LogP contribution is 2.33. The largest absolute Gasteiger partial charge is 0.491 e. The highest BCUT2D eigenvalue weighted by molar-refractivity contribution is 7.13. The van der Waals surface area contributed by atoms with E-state index >= 15 is 0 Å². The van der Waals surface area contributed by atoms with Gasteiger partial charge < -0.3 is 9.72 Å². The molecule has 184 valence electrons. The first-order chi connectivity index (χ1) is 18.3. The van der Waals surface area contributed by atoms with Gasteiger partial charge in [-0.2, -0.15) is 5.10 Å². The lowest BCUT2D eigenvalue weighted by atomic mass is 10.1. The van der Waals surface area contributed by atoms with Gasteiger partial charge in [0.05, 0.1) is 28.4 Å². The van der Waals surface area contributed by atoms with Gasteiger partial charge in [-0.05, 0) is 61.6 Å². The number of ether oxygens (including phenoxy) is 1. The van der Waals surface area contributed by atoms with Gasteiger partial charge in [0.15, 0.2) is 11.5 Å². The summed E-state index contributed by atoms with van der Waals surface area (Å²) in [4.78, 5) is 21.4. The Morgan fingerprint density at radius 1 is 0.946 bits per heavy atom. The molecule has 9 heteroatoms. The zero-order chi connectivity index (χ0) is 24.6. The summed E-state index contributed by atoms with van der Waals surface area (Å²) in [6.07, 6.45) is 6.14. The molecule has 6 aromatic rings. The summed E-state index contributed by atoms with van der Waals surface area (Å²) in [5, 5.41) is 9.74. The van der Waals surface area contributed by atoms with Crippen molar-refractivity contribution in [2.24, 2.45) is 0 Å². The van der Waals surface area contributed by atoms with Crippen LogP contribution in [-0.2, 0) is 0 Å². The van der Waals surface area contributed by atoms with Crippen LogP contribution < -0.4 is 4.74 Å². The Bertz CT molecular complexity index is 1680. The molecule has 0 unspecified atom stereocenters. The molecule has 0 saturated carbocycles. The van der Waals surface area contributed by atoms with E-state index in [0.29, 0.717) is 18.1 Å². The zero-order valence-corrected chi connectivity index (χ0v) is 21.0. The lowest BCUT2D eigenvalue weighted by Crippen LogP contribution is -2.25. The van der Waals surface area contributed by atoms with Crippen LogP contribution in [0.5, 0.6) is 5.75 Å². The van der Waals surface area contributed by atoms with Crippen LogP contribution >= 0.6 is 11.3 Å². The van der Waals surface area contributed by atoms with Crippen molar-refractivity contribution >= 4 is 33.4 Å². The normalized spacial score (nSPS) is 14.2. The van der Waals surface area contributed by atoms with Crippen molar-refractivity contribution in [3.63, 3.8) is 0 Å². The summed E-state index contributed by atoms with van der Waals surface area (Å²) in [6.45, 7) is 3.93. The second-order valence-electron chi connectivity index (χ2n) is 9.24. The predicted octanol–water partition coefficient (Wildman–Crippen LogP) is 5.77. The van der Waals surface area contributed by atoms with Crippen LogP contribution in [0.2, 0.25) is 0 Å². The van der Waals surface area contributed by atoms with E-state index in [1.54, 1.807) is 17.5 Å². The second kappa shape index (κ2) is 9.42. The number of likely N-dealkylation sites (tertiary alicyclic amines) is 1. The van der Waals surface area contributed by atoms with Gasteiger partial charge in [-0.1, -0.05) is 18.2 Å². The SMILES string of the molecule is c1csc(-c2cccc3[nH]c(-c4n[nH]c5ccc(-c6cncc(OCCN7CCCC7)c6)nc45)nc23)c1. The highest BCUT2D eigenvalue weighted by Gasteiger charge is 2.17. The third-order valence-corrected chi connectivity index (χ3v) is 7.72. The molecule has 37 heavy (non-hydrogen) atoms. The van der Waals surface area contributed by atoms with Gasteiger partial charge in [-0.15, -0.1) is 11.3 Å². The van der Waals surface area contributed by atoms with E-state index in [2.05, 4.69) is 48.6 Å². The van der Waals surface area contributed by atoms with E-state index in [0.717, 1.165) is 51.2 Å². The van der Waals surface area contributed by atoms with E-state index in [1.807, 2.05) is 36.5 Å². The predicted molar refractivity (Wildman–Crippen MR) is 147 cm³/mol. The van der Waals surface area contributed by atoms with Gasteiger partial charge in [0.2, 0.25) is 0 Å². The monoisotopic (exact) mass is 507 g/mol. The molecule has 6 heterocycles. The minimum absolute atomic E-state index is 0.656. The number of thiophene rings is 1. The number of nitrogens with one attached hydrogen (secondary N) is 2. The quantitative estimate of drug-likeness (QED) is 0.285. The van der Waals surface area contributed by atoms with Crippen molar-refractivity contribution in [1.29, 1.82) is 0 Å². The third kappa shape index (κ3) is 4.26. The number of hydrogen-bond acceptors (Lipinski definition) is 7. The highest BCUT2D eigenvalue weighted by atomic mass is 32.1. The average molecular weight is 508 g/mol. The Kier molecular flexibility index (Phi) is 5.64. The fourth-order valence-corrected chi connectivity index (χ4v) is 5.69. The second-order valence-corrected chi connectivity index (χ2v) is 10.2. The first kappa shape index (κ1) is 22.1. The van der Waals surface area contributed by atoms with Crippen LogP contribution in [0, 0.1) is 0 Å². The van der Waals surface area contributed by atoms with Crippen molar-refractivity contribution in [2.45, 2.75) is 12.8 Å². The van der Waals surface area contributed by atoms with Crippen LogP contribution in [0.3, 0.4) is 0 Å².